The lowest BCUT2D eigenvalue weighted by atomic mass is 9.97. The fourth-order valence-electron chi connectivity index (χ4n) is 3.51. The lowest BCUT2D eigenvalue weighted by Crippen LogP contribution is -2.18. The number of aliphatic hydroxyl groups excluding tert-OH is 1. The second-order valence-corrected chi connectivity index (χ2v) is 6.72. The standard InChI is InChI=1S/C19H26N4O/c1-4-5-10-15(12(2)3)23-16(11-24)22-17-18(23)13-8-6-7-9-14(13)21-19(17)20/h6-9,12,15,24H,4-5,10-11H2,1-3H3,(H2,20,21). The Bertz CT molecular complexity index is 853. The molecule has 0 amide bonds. The number of fused-ring (bicyclic) bond motifs is 3. The monoisotopic (exact) mass is 326 g/mol. The maximum atomic E-state index is 9.89. The van der Waals surface area contributed by atoms with E-state index in [1.54, 1.807) is 0 Å². The summed E-state index contributed by atoms with van der Waals surface area (Å²) in [5.74, 6) is 1.53. The van der Waals surface area contributed by atoms with Crippen LogP contribution in [0.3, 0.4) is 0 Å². The molecule has 0 saturated heterocycles. The third-order valence-corrected chi connectivity index (χ3v) is 4.72. The van der Waals surface area contributed by atoms with Crippen molar-refractivity contribution in [2.24, 2.45) is 5.92 Å². The second kappa shape index (κ2) is 6.77. The molecule has 1 atom stereocenters. The van der Waals surface area contributed by atoms with Crippen LogP contribution < -0.4 is 5.73 Å². The molecule has 0 aliphatic rings. The van der Waals surface area contributed by atoms with E-state index < -0.39 is 0 Å². The van der Waals surface area contributed by atoms with Gasteiger partial charge in [0.15, 0.2) is 5.82 Å². The molecule has 0 fully saturated rings. The number of nitrogen functional groups attached to an aromatic ring is 1. The van der Waals surface area contributed by atoms with Gasteiger partial charge in [0.2, 0.25) is 0 Å². The van der Waals surface area contributed by atoms with Crippen LogP contribution in [0.4, 0.5) is 5.82 Å². The van der Waals surface area contributed by atoms with Crippen molar-refractivity contribution >= 4 is 27.8 Å². The number of benzene rings is 1. The van der Waals surface area contributed by atoms with Gasteiger partial charge in [-0.2, -0.15) is 0 Å². The highest BCUT2D eigenvalue weighted by Gasteiger charge is 2.24. The first-order chi connectivity index (χ1) is 11.6. The van der Waals surface area contributed by atoms with Gasteiger partial charge >= 0.3 is 0 Å². The molecule has 5 nitrogen and oxygen atoms in total. The van der Waals surface area contributed by atoms with Crippen LogP contribution in [0.2, 0.25) is 0 Å². The number of anilines is 1. The Hall–Kier alpha value is -2.14. The Morgan fingerprint density at radius 2 is 1.96 bits per heavy atom. The summed E-state index contributed by atoms with van der Waals surface area (Å²) in [6, 6.07) is 8.28. The highest BCUT2D eigenvalue weighted by atomic mass is 16.3. The topological polar surface area (TPSA) is 77.0 Å². The number of aromatic nitrogens is 3. The Morgan fingerprint density at radius 3 is 2.62 bits per heavy atom. The van der Waals surface area contributed by atoms with Crippen LogP contribution in [-0.4, -0.2) is 19.6 Å². The third-order valence-electron chi connectivity index (χ3n) is 4.72. The van der Waals surface area contributed by atoms with E-state index in [4.69, 9.17) is 5.73 Å². The van der Waals surface area contributed by atoms with Crippen LogP contribution >= 0.6 is 0 Å². The minimum atomic E-state index is -0.0994. The van der Waals surface area contributed by atoms with Crippen molar-refractivity contribution in [1.29, 1.82) is 0 Å². The van der Waals surface area contributed by atoms with Gasteiger partial charge < -0.3 is 15.4 Å². The molecule has 0 saturated carbocycles. The predicted octanol–water partition coefficient (Wildman–Crippen LogP) is 4.05. The Balaban J connectivity index is 2.35. The third kappa shape index (κ3) is 2.73. The maximum absolute atomic E-state index is 9.89. The van der Waals surface area contributed by atoms with E-state index in [1.165, 1.54) is 0 Å². The number of hydrogen-bond donors (Lipinski definition) is 2. The fourth-order valence-corrected chi connectivity index (χ4v) is 3.51. The number of para-hydroxylation sites is 1. The van der Waals surface area contributed by atoms with Crippen LogP contribution in [0.1, 0.15) is 51.9 Å². The number of rotatable bonds is 6. The van der Waals surface area contributed by atoms with E-state index in [2.05, 4.69) is 41.4 Å². The Labute approximate surface area is 142 Å². The molecule has 3 rings (SSSR count). The van der Waals surface area contributed by atoms with Gasteiger partial charge in [-0.25, -0.2) is 9.97 Å². The molecule has 0 aliphatic heterocycles. The van der Waals surface area contributed by atoms with Gasteiger partial charge in [0.1, 0.15) is 17.9 Å². The lowest BCUT2D eigenvalue weighted by Gasteiger charge is -2.25. The summed E-state index contributed by atoms with van der Waals surface area (Å²) in [5.41, 5.74) is 8.73. The fraction of sp³-hybridized carbons (Fsp3) is 0.474. The normalized spacial score (nSPS) is 13.2. The number of unbranched alkanes of at least 4 members (excludes halogenated alkanes) is 1. The first-order valence-electron chi connectivity index (χ1n) is 8.74. The first kappa shape index (κ1) is 16.7. The Morgan fingerprint density at radius 1 is 1.21 bits per heavy atom. The molecule has 5 heteroatoms. The molecule has 1 unspecified atom stereocenters. The van der Waals surface area contributed by atoms with Crippen molar-refractivity contribution in [3.8, 4) is 0 Å². The minimum absolute atomic E-state index is 0.0994. The molecule has 0 aliphatic carbocycles. The molecule has 2 heterocycles. The van der Waals surface area contributed by atoms with Crippen molar-refractivity contribution in [2.75, 3.05) is 5.73 Å². The van der Waals surface area contributed by atoms with Gasteiger partial charge in [0.25, 0.3) is 0 Å². The van der Waals surface area contributed by atoms with Crippen molar-refractivity contribution in [3.63, 3.8) is 0 Å². The van der Waals surface area contributed by atoms with Gasteiger partial charge in [0.05, 0.1) is 11.0 Å². The minimum Gasteiger partial charge on any atom is -0.388 e. The highest BCUT2D eigenvalue weighted by molar-refractivity contribution is 6.06. The predicted molar refractivity (Wildman–Crippen MR) is 98.8 cm³/mol. The summed E-state index contributed by atoms with van der Waals surface area (Å²) in [6.07, 6.45) is 3.35. The van der Waals surface area contributed by atoms with Gasteiger partial charge in [-0.15, -0.1) is 0 Å². The van der Waals surface area contributed by atoms with Crippen LogP contribution in [0.15, 0.2) is 24.3 Å². The van der Waals surface area contributed by atoms with Gasteiger partial charge in [-0.3, -0.25) is 0 Å². The molecule has 3 N–H and O–H groups in total. The molecular formula is C19H26N4O. The molecule has 2 aromatic heterocycles. The maximum Gasteiger partial charge on any atom is 0.152 e. The van der Waals surface area contributed by atoms with E-state index >= 15 is 0 Å². The molecule has 0 spiro atoms. The molecule has 128 valence electrons. The number of nitrogens with two attached hydrogens (primary N) is 1. The van der Waals surface area contributed by atoms with Crippen molar-refractivity contribution in [3.05, 3.63) is 30.1 Å². The van der Waals surface area contributed by atoms with E-state index in [-0.39, 0.29) is 12.6 Å². The summed E-state index contributed by atoms with van der Waals surface area (Å²) in [7, 11) is 0. The van der Waals surface area contributed by atoms with E-state index in [0.717, 1.165) is 35.7 Å². The van der Waals surface area contributed by atoms with Crippen LogP contribution in [0.5, 0.6) is 0 Å². The van der Waals surface area contributed by atoms with E-state index in [0.29, 0.717) is 23.1 Å². The zero-order chi connectivity index (χ0) is 17.3. The van der Waals surface area contributed by atoms with Crippen LogP contribution in [0, 0.1) is 5.92 Å². The largest absolute Gasteiger partial charge is 0.388 e. The van der Waals surface area contributed by atoms with Gasteiger partial charge in [-0.1, -0.05) is 51.8 Å². The number of imidazole rings is 1. The smallest absolute Gasteiger partial charge is 0.152 e. The average Bonchev–Trinajstić information content (AvgIpc) is 2.95. The molecular weight excluding hydrogens is 300 g/mol. The summed E-state index contributed by atoms with van der Waals surface area (Å²) in [6.45, 7) is 6.55. The average molecular weight is 326 g/mol. The SMILES string of the molecule is CCCCC(C(C)C)n1c(CO)nc2c(N)nc3ccccc3c21. The first-order valence-corrected chi connectivity index (χ1v) is 8.74. The summed E-state index contributed by atoms with van der Waals surface area (Å²) in [4.78, 5) is 9.10. The van der Waals surface area contributed by atoms with Crippen LogP contribution in [-0.2, 0) is 6.61 Å². The molecule has 3 aromatic rings. The quantitative estimate of drug-likeness (QED) is 0.716. The van der Waals surface area contributed by atoms with E-state index in [1.807, 2.05) is 18.2 Å². The molecule has 0 bridgehead atoms. The molecule has 24 heavy (non-hydrogen) atoms. The number of pyridine rings is 1. The number of aliphatic hydroxyl groups is 1. The van der Waals surface area contributed by atoms with Crippen molar-refractivity contribution in [1.82, 2.24) is 14.5 Å². The summed E-state index contributed by atoms with van der Waals surface area (Å²) < 4.78 is 2.20. The Kier molecular flexibility index (Phi) is 4.71. The summed E-state index contributed by atoms with van der Waals surface area (Å²) in [5, 5.41) is 10.9. The zero-order valence-corrected chi connectivity index (χ0v) is 14.7. The lowest BCUT2D eigenvalue weighted by molar-refractivity contribution is 0.250. The second-order valence-electron chi connectivity index (χ2n) is 6.72. The highest BCUT2D eigenvalue weighted by Crippen LogP contribution is 2.35. The van der Waals surface area contributed by atoms with Crippen LogP contribution in [0.25, 0.3) is 21.9 Å². The van der Waals surface area contributed by atoms with Gasteiger partial charge in [-0.05, 0) is 18.4 Å². The molecule has 1 aromatic carbocycles. The number of nitrogens with zero attached hydrogens (tertiary/aromatic N) is 3. The van der Waals surface area contributed by atoms with E-state index in [9.17, 15) is 5.11 Å². The number of hydrogen-bond acceptors (Lipinski definition) is 4. The zero-order valence-electron chi connectivity index (χ0n) is 14.7. The van der Waals surface area contributed by atoms with Crippen molar-refractivity contribution < 1.29 is 5.11 Å². The van der Waals surface area contributed by atoms with Gasteiger partial charge in [0, 0.05) is 11.4 Å². The molecule has 0 radical (unpaired) electrons. The van der Waals surface area contributed by atoms with Crippen molar-refractivity contribution in [2.45, 2.75) is 52.7 Å². The summed E-state index contributed by atoms with van der Waals surface area (Å²) >= 11 is 0.